The van der Waals surface area contributed by atoms with Crippen LogP contribution in [0.3, 0.4) is 0 Å². The molecule has 0 aromatic heterocycles. The summed E-state index contributed by atoms with van der Waals surface area (Å²) in [5.41, 5.74) is 7.02. The molecular formula is C15H22N2O4. The molecule has 1 rings (SSSR count). The lowest BCUT2D eigenvalue weighted by Gasteiger charge is -2.16. The van der Waals surface area contributed by atoms with E-state index in [9.17, 15) is 4.79 Å². The molecule has 1 aromatic carbocycles. The fourth-order valence-electron chi connectivity index (χ4n) is 1.66. The highest BCUT2D eigenvalue weighted by atomic mass is 16.7. The van der Waals surface area contributed by atoms with Gasteiger partial charge in [0.1, 0.15) is 5.75 Å². The number of nitrogen functional groups attached to an aromatic ring is 1. The molecule has 0 bridgehead atoms. The van der Waals surface area contributed by atoms with Gasteiger partial charge in [0.2, 0.25) is 6.10 Å². The van der Waals surface area contributed by atoms with Crippen molar-refractivity contribution >= 4 is 17.9 Å². The first-order valence-electron chi connectivity index (χ1n) is 6.78. The number of nitrogens with two attached hydrogens (primary N) is 1. The summed E-state index contributed by atoms with van der Waals surface area (Å²) in [6.07, 6.45) is 0.747. The summed E-state index contributed by atoms with van der Waals surface area (Å²) in [6.45, 7) is 5.78. The molecule has 6 heteroatoms. The molecule has 0 aliphatic rings. The van der Waals surface area contributed by atoms with Crippen LogP contribution in [-0.4, -0.2) is 32.0 Å². The van der Waals surface area contributed by atoms with E-state index in [-0.39, 0.29) is 5.92 Å². The van der Waals surface area contributed by atoms with Crippen molar-refractivity contribution in [3.8, 4) is 5.75 Å². The molecule has 2 N–H and O–H groups in total. The zero-order valence-corrected chi connectivity index (χ0v) is 12.8. The average molecular weight is 294 g/mol. The van der Waals surface area contributed by atoms with Crippen molar-refractivity contribution in [3.63, 3.8) is 0 Å². The van der Waals surface area contributed by atoms with Crippen LogP contribution >= 0.6 is 0 Å². The molecule has 0 aliphatic heterocycles. The third-order valence-electron chi connectivity index (χ3n) is 2.69. The smallest absolute Gasteiger partial charge is 0.350 e. The van der Waals surface area contributed by atoms with Gasteiger partial charge in [0, 0.05) is 23.2 Å². The Morgan fingerprint density at radius 3 is 2.67 bits per heavy atom. The Balaban J connectivity index is 2.75. The van der Waals surface area contributed by atoms with E-state index in [0.29, 0.717) is 18.0 Å². The normalized spacial score (nSPS) is 12.4. The van der Waals surface area contributed by atoms with Crippen LogP contribution in [0.4, 0.5) is 5.69 Å². The maximum Gasteiger partial charge on any atom is 0.350 e. The highest BCUT2D eigenvalue weighted by molar-refractivity contribution is 5.82. The van der Waals surface area contributed by atoms with Gasteiger partial charge in [0.15, 0.2) is 0 Å². The van der Waals surface area contributed by atoms with Crippen molar-refractivity contribution in [2.45, 2.75) is 26.9 Å². The Bertz CT molecular complexity index is 500. The Morgan fingerprint density at radius 2 is 2.10 bits per heavy atom. The second-order valence-electron chi connectivity index (χ2n) is 4.80. The van der Waals surface area contributed by atoms with Gasteiger partial charge in [-0.05, 0) is 19.1 Å². The van der Waals surface area contributed by atoms with Gasteiger partial charge in [-0.25, -0.2) is 4.79 Å². The SMILES string of the molecule is CCOC(=O)C(O/N=C/c1cc(N)cc(OC)c1)C(C)C. The third-order valence-corrected chi connectivity index (χ3v) is 2.69. The molecule has 0 amide bonds. The van der Waals surface area contributed by atoms with Gasteiger partial charge in [-0.1, -0.05) is 19.0 Å². The Kier molecular flexibility index (Phi) is 6.52. The summed E-state index contributed by atoms with van der Waals surface area (Å²) >= 11 is 0. The minimum absolute atomic E-state index is 0.0448. The Hall–Kier alpha value is -2.24. The van der Waals surface area contributed by atoms with Crippen LogP contribution in [0.1, 0.15) is 26.3 Å². The summed E-state index contributed by atoms with van der Waals surface area (Å²) in [5.74, 6) is 0.161. The molecule has 6 nitrogen and oxygen atoms in total. The lowest BCUT2D eigenvalue weighted by molar-refractivity contribution is -0.159. The number of carbonyl (C=O) groups is 1. The van der Waals surface area contributed by atoms with Crippen molar-refractivity contribution in [2.75, 3.05) is 19.5 Å². The zero-order valence-electron chi connectivity index (χ0n) is 12.8. The monoisotopic (exact) mass is 294 g/mol. The van der Waals surface area contributed by atoms with Gasteiger partial charge < -0.3 is 20.0 Å². The number of oxime groups is 1. The third kappa shape index (κ3) is 5.33. The number of benzene rings is 1. The first-order valence-corrected chi connectivity index (χ1v) is 6.78. The first-order chi connectivity index (χ1) is 9.97. The van der Waals surface area contributed by atoms with Gasteiger partial charge in [-0.3, -0.25) is 0 Å². The van der Waals surface area contributed by atoms with E-state index >= 15 is 0 Å². The molecule has 0 saturated carbocycles. The maximum absolute atomic E-state index is 11.7. The maximum atomic E-state index is 11.7. The minimum atomic E-state index is -0.732. The Morgan fingerprint density at radius 1 is 1.38 bits per heavy atom. The number of carbonyl (C=O) groups excluding carboxylic acids is 1. The lowest BCUT2D eigenvalue weighted by atomic mass is 10.1. The van der Waals surface area contributed by atoms with Crippen LogP contribution in [-0.2, 0) is 14.4 Å². The fraction of sp³-hybridized carbons (Fsp3) is 0.467. The fourth-order valence-corrected chi connectivity index (χ4v) is 1.66. The number of methoxy groups -OCH3 is 1. The predicted octanol–water partition coefficient (Wildman–Crippen LogP) is 2.22. The summed E-state index contributed by atoms with van der Waals surface area (Å²) in [4.78, 5) is 17.0. The molecule has 0 heterocycles. The molecule has 0 radical (unpaired) electrons. The standard InChI is InChI=1S/C15H22N2O4/c1-5-20-15(18)14(10(2)3)21-17-9-11-6-12(16)8-13(7-11)19-4/h6-10,14H,5,16H2,1-4H3/b17-9+. The topological polar surface area (TPSA) is 83.1 Å². The first kappa shape index (κ1) is 16.8. The summed E-state index contributed by atoms with van der Waals surface area (Å²) in [6, 6.07) is 5.19. The van der Waals surface area contributed by atoms with Gasteiger partial charge >= 0.3 is 5.97 Å². The molecule has 1 atom stereocenters. The molecule has 0 saturated heterocycles. The quantitative estimate of drug-likeness (QED) is 0.361. The van der Waals surface area contributed by atoms with E-state index in [4.69, 9.17) is 20.0 Å². The number of ether oxygens (including phenoxy) is 2. The number of hydrogen-bond donors (Lipinski definition) is 1. The van der Waals surface area contributed by atoms with Gasteiger partial charge in [0.25, 0.3) is 0 Å². The number of rotatable bonds is 7. The summed E-state index contributed by atoms with van der Waals surface area (Å²) in [5, 5.41) is 3.85. The second-order valence-corrected chi connectivity index (χ2v) is 4.80. The van der Waals surface area contributed by atoms with Crippen molar-refractivity contribution in [1.82, 2.24) is 0 Å². The molecular weight excluding hydrogens is 272 g/mol. The van der Waals surface area contributed by atoms with Crippen LogP contribution in [0.5, 0.6) is 5.75 Å². The molecule has 0 fully saturated rings. The van der Waals surface area contributed by atoms with Crippen LogP contribution in [0.2, 0.25) is 0 Å². The van der Waals surface area contributed by atoms with Crippen molar-refractivity contribution in [3.05, 3.63) is 23.8 Å². The van der Waals surface area contributed by atoms with Crippen molar-refractivity contribution in [2.24, 2.45) is 11.1 Å². The van der Waals surface area contributed by atoms with Crippen molar-refractivity contribution in [1.29, 1.82) is 0 Å². The molecule has 116 valence electrons. The largest absolute Gasteiger partial charge is 0.497 e. The van der Waals surface area contributed by atoms with E-state index in [2.05, 4.69) is 5.16 Å². The number of nitrogens with zero attached hydrogens (tertiary/aromatic N) is 1. The number of anilines is 1. The van der Waals surface area contributed by atoms with E-state index in [0.717, 1.165) is 5.56 Å². The van der Waals surface area contributed by atoms with Crippen LogP contribution in [0.25, 0.3) is 0 Å². The molecule has 0 aliphatic carbocycles. The lowest BCUT2D eigenvalue weighted by Crippen LogP contribution is -2.30. The van der Waals surface area contributed by atoms with Gasteiger partial charge in [-0.2, -0.15) is 0 Å². The predicted molar refractivity (Wildman–Crippen MR) is 81.3 cm³/mol. The highest BCUT2D eigenvalue weighted by Crippen LogP contribution is 2.17. The van der Waals surface area contributed by atoms with E-state index in [1.807, 2.05) is 13.8 Å². The molecule has 1 unspecified atom stereocenters. The van der Waals surface area contributed by atoms with Crippen LogP contribution in [0.15, 0.2) is 23.4 Å². The van der Waals surface area contributed by atoms with E-state index < -0.39 is 12.1 Å². The molecule has 21 heavy (non-hydrogen) atoms. The van der Waals surface area contributed by atoms with E-state index in [1.54, 1.807) is 32.2 Å². The molecule has 1 aromatic rings. The summed E-state index contributed by atoms with van der Waals surface area (Å²) < 4.78 is 10.1. The Labute approximate surface area is 124 Å². The average Bonchev–Trinajstić information content (AvgIpc) is 2.42. The number of hydrogen-bond acceptors (Lipinski definition) is 6. The second kappa shape index (κ2) is 8.14. The van der Waals surface area contributed by atoms with Crippen LogP contribution < -0.4 is 10.5 Å². The zero-order chi connectivity index (χ0) is 15.8. The minimum Gasteiger partial charge on any atom is -0.497 e. The van der Waals surface area contributed by atoms with Crippen LogP contribution in [0, 0.1) is 5.92 Å². The van der Waals surface area contributed by atoms with Gasteiger partial charge in [-0.15, -0.1) is 0 Å². The van der Waals surface area contributed by atoms with E-state index in [1.165, 1.54) is 6.21 Å². The summed E-state index contributed by atoms with van der Waals surface area (Å²) in [7, 11) is 1.56. The van der Waals surface area contributed by atoms with Gasteiger partial charge in [0.05, 0.1) is 19.9 Å². The highest BCUT2D eigenvalue weighted by Gasteiger charge is 2.25. The molecule has 0 spiro atoms. The van der Waals surface area contributed by atoms with Crippen molar-refractivity contribution < 1.29 is 19.1 Å². The number of esters is 1.